The van der Waals surface area contributed by atoms with E-state index >= 15 is 0 Å². The van der Waals surface area contributed by atoms with E-state index in [-0.39, 0.29) is 25.0 Å². The van der Waals surface area contributed by atoms with E-state index in [1.165, 1.54) is 204 Å². The standard InChI is InChI=1S/2C16H36N.C12H10N2O2.C6H5NO2.CHNS.2CNS.Ru/c2*1-5-9-13-17(14-10-6-2,15-11-7-3)16-12-8-4;1-9-2-4-13-11(6-9)12-7-10(16-8-15)3-5-14-12;8-6(9)5-1-3-7-4-2-5;3*2-1-3;/h2*5-16H2,1-4H3;2-8H,1H3;1-4H,(H,8,9);3H;;;/q2*+1;;;;2*-1;+3/p-2. The van der Waals surface area contributed by atoms with Gasteiger partial charge in [0.15, 0.2) is 0 Å². The minimum absolute atomic E-state index is 0. The number of aryl methyl sites for hydroxylation is 1. The number of carboxylic acid groups (broad SMARTS) is 1. The number of rotatable bonds is 28. The maximum Gasteiger partial charge on any atom is 3.00 e. The first-order chi connectivity index (χ1) is 32.8. The van der Waals surface area contributed by atoms with E-state index in [0.717, 1.165) is 11.3 Å². The molecule has 0 aliphatic carbocycles. The summed E-state index contributed by atoms with van der Waals surface area (Å²) in [5.74, 6) is -0.708. The Morgan fingerprint density at radius 2 is 0.928 bits per heavy atom. The molecule has 0 atom stereocenters. The third-order valence-electron chi connectivity index (χ3n) is 10.9. The molecule has 0 aromatic carbocycles. The van der Waals surface area contributed by atoms with Crippen LogP contribution in [0.1, 0.15) is 174 Å². The summed E-state index contributed by atoms with van der Waals surface area (Å²) in [6.07, 6.45) is 28.2. The molecule has 3 heterocycles. The Hall–Kier alpha value is -3.76. The van der Waals surface area contributed by atoms with Gasteiger partial charge >= 0.3 is 19.5 Å². The van der Waals surface area contributed by atoms with Crippen LogP contribution in [0.3, 0.4) is 0 Å². The molecule has 0 N–H and O–H groups in total. The van der Waals surface area contributed by atoms with Crippen molar-refractivity contribution >= 4 is 59.8 Å². The first kappa shape index (κ1) is 74.2. The molecular weight excluding hydrogens is 1010 g/mol. The molecule has 0 aliphatic rings. The van der Waals surface area contributed by atoms with Gasteiger partial charge in [0, 0.05) is 36.4 Å². The topological polar surface area (TPSA) is 173 Å². The Morgan fingerprint density at radius 1 is 0.638 bits per heavy atom. The number of quaternary nitrogens is 2. The zero-order valence-electron chi connectivity index (χ0n) is 43.6. The molecule has 0 amide bonds. The third-order valence-corrected chi connectivity index (χ3v) is 10.9. The Morgan fingerprint density at radius 3 is 1.17 bits per heavy atom. The average Bonchev–Trinajstić information content (AvgIpc) is 3.35. The monoisotopic (exact) mass is 1100 g/mol. The summed E-state index contributed by atoms with van der Waals surface area (Å²) >= 11 is 11.1. The van der Waals surface area contributed by atoms with Crippen molar-refractivity contribution in [2.24, 2.45) is 0 Å². The maximum absolute atomic E-state index is 10.2. The molecule has 16 heteroatoms. The van der Waals surface area contributed by atoms with Gasteiger partial charge in [-0.05, 0) is 94.2 Å². The van der Waals surface area contributed by atoms with Crippen molar-refractivity contribution in [1.82, 2.24) is 15.0 Å². The van der Waals surface area contributed by atoms with Gasteiger partial charge < -0.3 is 47.1 Å². The SMILES string of the molecule is CCCC[N+](CCCC)(CCCC)CCCC.CCCC[N+](CCCC)(CCCC)CCCC.Cc1ccnc(-c2cc(OC=O)ccn2)c1.N#C[S-].O=C([O-])c1ccncc1.[N-]=C=S.[N-]=C=S.[Ru+3]. The second-order valence-electron chi connectivity index (χ2n) is 16.4. The molecule has 0 bridgehead atoms. The van der Waals surface area contributed by atoms with Gasteiger partial charge in [-0.1, -0.05) is 137 Å². The van der Waals surface area contributed by atoms with Gasteiger partial charge in [0.2, 0.25) is 0 Å². The van der Waals surface area contributed by atoms with Crippen LogP contribution in [0.15, 0.2) is 61.2 Å². The first-order valence-corrected chi connectivity index (χ1v) is 25.9. The van der Waals surface area contributed by atoms with Gasteiger partial charge in [-0.15, -0.1) is 0 Å². The molecule has 0 saturated heterocycles. The summed E-state index contributed by atoms with van der Waals surface area (Å²) < 4.78 is 7.59. The van der Waals surface area contributed by atoms with Crippen molar-refractivity contribution in [3.8, 4) is 22.5 Å². The molecule has 3 aromatic heterocycles. The fourth-order valence-electron chi connectivity index (χ4n) is 7.13. The van der Waals surface area contributed by atoms with Crippen LogP contribution in [0, 0.1) is 17.6 Å². The summed E-state index contributed by atoms with van der Waals surface area (Å²) in [6.45, 7) is 32.4. The summed E-state index contributed by atoms with van der Waals surface area (Å²) in [4.78, 5) is 32.3. The van der Waals surface area contributed by atoms with E-state index < -0.39 is 5.97 Å². The average molecular weight is 1100 g/mol. The van der Waals surface area contributed by atoms with E-state index in [2.05, 4.69) is 107 Å². The Bertz CT molecular complexity index is 1620. The van der Waals surface area contributed by atoms with Crippen molar-refractivity contribution in [2.75, 3.05) is 52.4 Å². The number of thiocyanates is 1. The first-order valence-electron chi connectivity index (χ1n) is 24.7. The fraction of sp³-hybridized carbons (Fsp3) is 0.623. The van der Waals surface area contributed by atoms with E-state index in [1.54, 1.807) is 24.5 Å². The van der Waals surface area contributed by atoms with Crippen LogP contribution in [-0.2, 0) is 36.9 Å². The van der Waals surface area contributed by atoms with E-state index in [9.17, 15) is 14.7 Å². The zero-order chi connectivity index (χ0) is 52.2. The van der Waals surface area contributed by atoms with Gasteiger partial charge in [0.05, 0.1) is 69.7 Å². The van der Waals surface area contributed by atoms with Crippen LogP contribution in [0.2, 0.25) is 0 Å². The Balaban J connectivity index is -0.000000251. The van der Waals surface area contributed by atoms with Crippen LogP contribution in [0.4, 0.5) is 0 Å². The van der Waals surface area contributed by atoms with Crippen LogP contribution < -0.4 is 9.84 Å². The minimum atomic E-state index is -1.17. The number of ether oxygens (including phenoxy) is 1. The summed E-state index contributed by atoms with van der Waals surface area (Å²) in [7, 11) is 0. The van der Waals surface area contributed by atoms with Crippen molar-refractivity contribution in [3.63, 3.8) is 0 Å². The molecule has 3 aromatic rings. The molecule has 12 nitrogen and oxygen atoms in total. The number of pyridine rings is 3. The number of unbranched alkanes of at least 4 members (excludes halogenated alkanes) is 8. The summed E-state index contributed by atoms with van der Waals surface area (Å²) in [6, 6.07) is 9.90. The quantitative estimate of drug-likeness (QED) is 0.0129. The number of hydrogen-bond acceptors (Lipinski definition) is 11. The van der Waals surface area contributed by atoms with Crippen LogP contribution in [0.25, 0.3) is 22.2 Å². The molecule has 3 rings (SSSR count). The number of thiocarbonyl (C=S) groups is 2. The molecular formula is C53H86N8O4RuS3+. The van der Waals surface area contributed by atoms with Crippen molar-refractivity contribution in [3.05, 3.63) is 83.1 Å². The van der Waals surface area contributed by atoms with Crippen molar-refractivity contribution in [1.29, 1.82) is 5.26 Å². The summed E-state index contributed by atoms with van der Waals surface area (Å²) in [5, 5.41) is 35.5. The van der Waals surface area contributed by atoms with Gasteiger partial charge in [0.1, 0.15) is 5.75 Å². The van der Waals surface area contributed by atoms with Gasteiger partial charge in [-0.3, -0.25) is 19.7 Å². The normalized spacial score (nSPS) is 9.68. The Kier molecular flexibility index (Phi) is 59.3. The smallest absolute Gasteiger partial charge is 0.753 e. The number of hydrogen-bond donors (Lipinski definition) is 0. The zero-order valence-corrected chi connectivity index (χ0v) is 47.8. The number of isothiocyanates is 2. The Labute approximate surface area is 448 Å². The molecule has 0 saturated carbocycles. The second-order valence-corrected chi connectivity index (χ2v) is 17.0. The van der Waals surface area contributed by atoms with Crippen LogP contribution in [-0.4, -0.2) is 99.0 Å². The van der Waals surface area contributed by atoms with Gasteiger partial charge in [-0.25, -0.2) is 5.26 Å². The van der Waals surface area contributed by atoms with Crippen molar-refractivity contribution < 1.29 is 47.9 Å². The van der Waals surface area contributed by atoms with Gasteiger partial charge in [0.25, 0.3) is 6.47 Å². The molecule has 0 fully saturated rings. The number of carbonyl (C=O) groups is 2. The molecule has 69 heavy (non-hydrogen) atoms. The largest absolute Gasteiger partial charge is 3.00 e. The van der Waals surface area contributed by atoms with Crippen LogP contribution >= 0.6 is 24.4 Å². The molecule has 0 spiro atoms. The van der Waals surface area contributed by atoms with E-state index in [4.69, 9.17) is 20.8 Å². The number of carbonyl (C=O) groups excluding carboxylic acids is 2. The van der Waals surface area contributed by atoms with E-state index in [0.29, 0.717) is 17.9 Å². The third kappa shape index (κ3) is 44.0. The number of aromatic nitrogens is 3. The predicted octanol–water partition coefficient (Wildman–Crippen LogP) is 12.8. The summed E-state index contributed by atoms with van der Waals surface area (Å²) in [5.41, 5.74) is 2.71. The molecule has 387 valence electrons. The second kappa shape index (κ2) is 55.2. The molecule has 0 aliphatic heterocycles. The number of nitrogens with zero attached hydrogens (tertiary/aromatic N) is 8. The van der Waals surface area contributed by atoms with Gasteiger partial charge in [-0.2, -0.15) is 10.3 Å². The maximum atomic E-state index is 10.2. The number of carboxylic acids is 1. The van der Waals surface area contributed by atoms with Crippen LogP contribution in [0.5, 0.6) is 5.75 Å². The molecule has 0 unspecified atom stereocenters. The fourth-order valence-corrected chi connectivity index (χ4v) is 7.13. The predicted molar refractivity (Wildman–Crippen MR) is 291 cm³/mol. The minimum Gasteiger partial charge on any atom is -0.753 e. The number of nitriles is 1. The van der Waals surface area contributed by atoms with E-state index in [1.807, 2.05) is 19.1 Å². The molecule has 1 radical (unpaired) electrons. The number of aromatic carboxylic acids is 1. The van der Waals surface area contributed by atoms with Crippen molar-refractivity contribution in [2.45, 2.75) is 165 Å².